The van der Waals surface area contributed by atoms with Crippen LogP contribution in [0.25, 0.3) is 6.08 Å². The van der Waals surface area contributed by atoms with Crippen molar-refractivity contribution in [2.24, 2.45) is 0 Å². The molecule has 2 aromatic carbocycles. The van der Waals surface area contributed by atoms with E-state index in [-0.39, 0.29) is 0 Å². The quantitative estimate of drug-likeness (QED) is 0.448. The van der Waals surface area contributed by atoms with E-state index < -0.39 is 5.97 Å². The minimum Gasteiger partial charge on any atom is -0.423 e. The van der Waals surface area contributed by atoms with Gasteiger partial charge >= 0.3 is 5.97 Å². The van der Waals surface area contributed by atoms with E-state index in [0.717, 1.165) is 12.0 Å². The van der Waals surface area contributed by atoms with Crippen molar-refractivity contribution in [1.82, 2.24) is 0 Å². The molecule has 0 aliphatic heterocycles. The fourth-order valence-electron chi connectivity index (χ4n) is 2.09. The van der Waals surface area contributed by atoms with Crippen LogP contribution in [-0.2, 0) is 11.2 Å². The monoisotopic (exact) mass is 305 g/mol. The van der Waals surface area contributed by atoms with Crippen LogP contribution in [0, 0.1) is 11.3 Å². The highest BCUT2D eigenvalue weighted by Gasteiger charge is 2.01. The third-order valence-electron chi connectivity index (χ3n) is 3.41. The first kappa shape index (κ1) is 16.5. The molecule has 116 valence electrons. The summed E-state index contributed by atoms with van der Waals surface area (Å²) in [5.74, 6) is -0.0154. The summed E-state index contributed by atoms with van der Waals surface area (Å²) in [6, 6.07) is 16.6. The molecule has 2 rings (SSSR count). The van der Waals surface area contributed by atoms with Crippen LogP contribution >= 0.6 is 0 Å². The van der Waals surface area contributed by atoms with Crippen molar-refractivity contribution in [1.29, 1.82) is 5.26 Å². The summed E-state index contributed by atoms with van der Waals surface area (Å²) in [4.78, 5) is 11.8. The lowest BCUT2D eigenvalue weighted by Crippen LogP contribution is -2.03. The normalized spacial score (nSPS) is 10.4. The fraction of sp³-hybridized carbons (Fsp3) is 0.200. The molecule has 0 heterocycles. The predicted octanol–water partition coefficient (Wildman–Crippen LogP) is 4.52. The molecule has 0 spiro atoms. The Kier molecular flexibility index (Phi) is 6.14. The van der Waals surface area contributed by atoms with Gasteiger partial charge in [0.15, 0.2) is 0 Å². The summed E-state index contributed by atoms with van der Waals surface area (Å²) in [7, 11) is 0. The molecule has 3 nitrogen and oxygen atoms in total. The third kappa shape index (κ3) is 5.44. The number of rotatable bonds is 6. The number of benzene rings is 2. The first-order valence-corrected chi connectivity index (χ1v) is 7.70. The van der Waals surface area contributed by atoms with Crippen molar-refractivity contribution in [3.05, 3.63) is 71.3 Å². The smallest absolute Gasteiger partial charge is 0.336 e. The van der Waals surface area contributed by atoms with E-state index in [1.54, 1.807) is 30.3 Å². The Balaban J connectivity index is 1.91. The number of carbonyl (C=O) groups is 1. The molecule has 0 amide bonds. The number of hydrogen-bond acceptors (Lipinski definition) is 3. The topological polar surface area (TPSA) is 50.1 Å². The van der Waals surface area contributed by atoms with Gasteiger partial charge in [-0.15, -0.1) is 0 Å². The summed E-state index contributed by atoms with van der Waals surface area (Å²) in [6.07, 6.45) is 6.59. The van der Waals surface area contributed by atoms with E-state index in [4.69, 9.17) is 10.00 Å². The number of nitriles is 1. The molecule has 0 unspecified atom stereocenters. The van der Waals surface area contributed by atoms with E-state index in [1.165, 1.54) is 24.5 Å². The molecular weight excluding hydrogens is 286 g/mol. The summed E-state index contributed by atoms with van der Waals surface area (Å²) in [5, 5.41) is 8.72. The Bertz CT molecular complexity index is 707. The summed E-state index contributed by atoms with van der Waals surface area (Å²) in [6.45, 7) is 2.18. The number of ether oxygens (including phenoxy) is 1. The van der Waals surface area contributed by atoms with Crippen LogP contribution in [-0.4, -0.2) is 5.97 Å². The molecule has 0 N–H and O–H groups in total. The van der Waals surface area contributed by atoms with Gasteiger partial charge in [-0.2, -0.15) is 5.26 Å². The Morgan fingerprint density at radius 2 is 1.83 bits per heavy atom. The van der Waals surface area contributed by atoms with Crippen molar-refractivity contribution < 1.29 is 9.53 Å². The Labute approximate surface area is 136 Å². The minimum absolute atomic E-state index is 0.425. The Morgan fingerprint density at radius 1 is 1.13 bits per heavy atom. The zero-order valence-corrected chi connectivity index (χ0v) is 13.2. The zero-order valence-electron chi connectivity index (χ0n) is 13.2. The van der Waals surface area contributed by atoms with E-state index in [0.29, 0.717) is 11.3 Å². The standard InChI is InChI=1S/C20H19NO2/c1-2-3-4-16-5-7-17(8-6-16)11-14-20(22)23-19-12-9-18(15-21)10-13-19/h5-14H,2-4H2,1H3. The maximum Gasteiger partial charge on any atom is 0.336 e. The van der Waals surface area contributed by atoms with E-state index in [2.05, 4.69) is 19.1 Å². The fourth-order valence-corrected chi connectivity index (χ4v) is 2.09. The molecule has 23 heavy (non-hydrogen) atoms. The predicted molar refractivity (Wildman–Crippen MR) is 90.9 cm³/mol. The van der Waals surface area contributed by atoms with Gasteiger partial charge in [-0.3, -0.25) is 0 Å². The summed E-state index contributed by atoms with van der Waals surface area (Å²) >= 11 is 0. The molecule has 0 atom stereocenters. The molecule has 3 heteroatoms. The van der Waals surface area contributed by atoms with Crippen molar-refractivity contribution in [3.63, 3.8) is 0 Å². The summed E-state index contributed by atoms with van der Waals surface area (Å²) in [5.41, 5.74) is 2.80. The van der Waals surface area contributed by atoms with Crippen LogP contribution in [0.4, 0.5) is 0 Å². The molecule has 0 saturated heterocycles. The van der Waals surface area contributed by atoms with Crippen molar-refractivity contribution in [2.45, 2.75) is 26.2 Å². The zero-order chi connectivity index (χ0) is 16.5. The maximum absolute atomic E-state index is 11.8. The number of hydrogen-bond donors (Lipinski definition) is 0. The molecule has 0 aliphatic carbocycles. The van der Waals surface area contributed by atoms with Gasteiger partial charge in [0.05, 0.1) is 11.6 Å². The van der Waals surface area contributed by atoms with Gasteiger partial charge < -0.3 is 4.74 Å². The molecule has 0 fully saturated rings. The number of esters is 1. The van der Waals surface area contributed by atoms with Gasteiger partial charge in [-0.05, 0) is 54.3 Å². The molecule has 0 bridgehead atoms. The summed E-state index contributed by atoms with van der Waals surface area (Å²) < 4.78 is 5.18. The van der Waals surface area contributed by atoms with Crippen LogP contribution < -0.4 is 4.74 Å². The van der Waals surface area contributed by atoms with Gasteiger partial charge in [0.25, 0.3) is 0 Å². The first-order valence-electron chi connectivity index (χ1n) is 7.70. The molecule has 0 radical (unpaired) electrons. The number of carbonyl (C=O) groups excluding carboxylic acids is 1. The average Bonchev–Trinajstić information content (AvgIpc) is 2.59. The Morgan fingerprint density at radius 3 is 2.43 bits per heavy atom. The van der Waals surface area contributed by atoms with Crippen LogP contribution in [0.15, 0.2) is 54.6 Å². The Hall–Kier alpha value is -2.86. The molecule has 2 aromatic rings. The van der Waals surface area contributed by atoms with Gasteiger partial charge in [0.1, 0.15) is 5.75 Å². The average molecular weight is 305 g/mol. The van der Waals surface area contributed by atoms with Crippen molar-refractivity contribution in [2.75, 3.05) is 0 Å². The van der Waals surface area contributed by atoms with Gasteiger partial charge in [-0.25, -0.2) is 4.79 Å². The highest BCUT2D eigenvalue weighted by atomic mass is 16.5. The van der Waals surface area contributed by atoms with Gasteiger partial charge in [-0.1, -0.05) is 37.6 Å². The minimum atomic E-state index is -0.440. The third-order valence-corrected chi connectivity index (χ3v) is 3.41. The van der Waals surface area contributed by atoms with Gasteiger partial charge in [0.2, 0.25) is 0 Å². The number of nitrogens with zero attached hydrogens (tertiary/aromatic N) is 1. The lowest BCUT2D eigenvalue weighted by atomic mass is 10.1. The maximum atomic E-state index is 11.8. The molecule has 0 saturated carbocycles. The van der Waals surface area contributed by atoms with Crippen LogP contribution in [0.2, 0.25) is 0 Å². The second-order valence-corrected chi connectivity index (χ2v) is 5.24. The van der Waals surface area contributed by atoms with Crippen molar-refractivity contribution >= 4 is 12.0 Å². The van der Waals surface area contributed by atoms with E-state index >= 15 is 0 Å². The second-order valence-electron chi connectivity index (χ2n) is 5.24. The second kappa shape index (κ2) is 8.55. The highest BCUT2D eigenvalue weighted by Crippen LogP contribution is 2.13. The SMILES string of the molecule is CCCCc1ccc(C=CC(=O)Oc2ccc(C#N)cc2)cc1. The number of unbranched alkanes of at least 4 members (excludes halogenated alkanes) is 1. The lowest BCUT2D eigenvalue weighted by molar-refractivity contribution is -0.128. The molecular formula is C20H19NO2. The van der Waals surface area contributed by atoms with E-state index in [1.807, 2.05) is 18.2 Å². The van der Waals surface area contributed by atoms with Crippen molar-refractivity contribution in [3.8, 4) is 11.8 Å². The largest absolute Gasteiger partial charge is 0.423 e. The molecule has 0 aromatic heterocycles. The van der Waals surface area contributed by atoms with Crippen LogP contribution in [0.1, 0.15) is 36.5 Å². The highest BCUT2D eigenvalue weighted by molar-refractivity contribution is 5.88. The van der Waals surface area contributed by atoms with Crippen LogP contribution in [0.5, 0.6) is 5.75 Å². The van der Waals surface area contributed by atoms with Gasteiger partial charge in [0, 0.05) is 6.08 Å². The lowest BCUT2D eigenvalue weighted by Gasteiger charge is -2.02. The van der Waals surface area contributed by atoms with E-state index in [9.17, 15) is 4.79 Å². The molecule has 0 aliphatic rings. The number of aryl methyl sites for hydroxylation is 1. The first-order chi connectivity index (χ1) is 11.2. The van der Waals surface area contributed by atoms with Crippen LogP contribution in [0.3, 0.4) is 0 Å².